The Balaban J connectivity index is 2.06. The monoisotopic (exact) mass is 434 g/mol. The van der Waals surface area contributed by atoms with Crippen molar-refractivity contribution in [1.82, 2.24) is 0 Å². The fourth-order valence-corrected chi connectivity index (χ4v) is 3.87. The molecule has 1 amide bonds. The van der Waals surface area contributed by atoms with E-state index in [0.29, 0.717) is 29.1 Å². The highest BCUT2D eigenvalue weighted by molar-refractivity contribution is 7.92. The first-order chi connectivity index (χ1) is 14.2. The van der Waals surface area contributed by atoms with Gasteiger partial charge in [0.25, 0.3) is 0 Å². The van der Waals surface area contributed by atoms with Gasteiger partial charge in [0.15, 0.2) is 0 Å². The lowest BCUT2D eigenvalue weighted by atomic mass is 10.1. The van der Waals surface area contributed by atoms with Crippen LogP contribution in [0.4, 0.5) is 11.4 Å². The molecule has 2 rings (SSSR count). The molecular weight excluding hydrogens is 408 g/mol. The Hall–Kier alpha value is -3.07. The van der Waals surface area contributed by atoms with Gasteiger partial charge in [0, 0.05) is 18.7 Å². The van der Waals surface area contributed by atoms with E-state index >= 15 is 0 Å². The highest BCUT2D eigenvalue weighted by Crippen LogP contribution is 2.29. The Morgan fingerprint density at radius 1 is 1.10 bits per heavy atom. The van der Waals surface area contributed by atoms with Crippen LogP contribution in [0, 0.1) is 6.92 Å². The first kappa shape index (κ1) is 23.2. The summed E-state index contributed by atoms with van der Waals surface area (Å²) in [5, 5.41) is 2.76. The van der Waals surface area contributed by atoms with E-state index in [1.54, 1.807) is 42.5 Å². The summed E-state index contributed by atoms with van der Waals surface area (Å²) in [5.74, 6) is -0.345. The average molecular weight is 435 g/mol. The summed E-state index contributed by atoms with van der Waals surface area (Å²) >= 11 is 0. The van der Waals surface area contributed by atoms with Crippen molar-refractivity contribution >= 4 is 33.3 Å². The number of ether oxygens (including phenoxy) is 2. The number of nitrogens with one attached hydrogen (secondary N) is 1. The summed E-state index contributed by atoms with van der Waals surface area (Å²) in [6, 6.07) is 11.7. The number of carbonyl (C=O) groups is 2. The number of carbonyl (C=O) groups excluding carboxylic acids is 2. The van der Waals surface area contributed by atoms with Gasteiger partial charge in [0.2, 0.25) is 15.9 Å². The van der Waals surface area contributed by atoms with Crippen molar-refractivity contribution in [2.75, 3.05) is 36.6 Å². The molecule has 0 aromatic heterocycles. The Bertz CT molecular complexity index is 1020. The van der Waals surface area contributed by atoms with E-state index in [1.165, 1.54) is 18.5 Å². The maximum atomic E-state index is 12.4. The summed E-state index contributed by atoms with van der Waals surface area (Å²) < 4.78 is 35.7. The second-order valence-corrected chi connectivity index (χ2v) is 8.59. The zero-order chi connectivity index (χ0) is 22.3. The predicted molar refractivity (Wildman–Crippen MR) is 116 cm³/mol. The van der Waals surface area contributed by atoms with Crippen LogP contribution < -0.4 is 14.4 Å². The number of amides is 1. The van der Waals surface area contributed by atoms with Gasteiger partial charge in [0.05, 0.1) is 31.7 Å². The molecule has 1 N–H and O–H groups in total. The molecule has 8 nitrogen and oxygen atoms in total. The third kappa shape index (κ3) is 5.96. The van der Waals surface area contributed by atoms with Crippen LogP contribution in [-0.2, 0) is 19.6 Å². The van der Waals surface area contributed by atoms with E-state index in [-0.39, 0.29) is 18.9 Å². The fourth-order valence-electron chi connectivity index (χ4n) is 2.90. The van der Waals surface area contributed by atoms with Crippen LogP contribution >= 0.6 is 0 Å². The number of anilines is 2. The Kier molecular flexibility index (Phi) is 7.82. The van der Waals surface area contributed by atoms with Crippen LogP contribution in [0.1, 0.15) is 28.8 Å². The summed E-state index contributed by atoms with van der Waals surface area (Å²) in [6.07, 6.45) is 1.51. The van der Waals surface area contributed by atoms with E-state index < -0.39 is 16.0 Å². The molecule has 30 heavy (non-hydrogen) atoms. The zero-order valence-corrected chi connectivity index (χ0v) is 18.3. The number of rotatable bonds is 9. The molecule has 162 valence electrons. The van der Waals surface area contributed by atoms with Crippen molar-refractivity contribution in [1.29, 1.82) is 0 Å². The standard InChI is InChI=1S/C21H26N2O6S/c1-15-11-12-16(21(25)29-3)14-17(15)22-20(24)10-7-13-23(30(4,26)27)18-8-5-6-9-19(18)28-2/h5-6,8-9,11-12,14H,7,10,13H2,1-4H3,(H,22,24). The number of aryl methyl sites for hydroxylation is 1. The van der Waals surface area contributed by atoms with Crippen molar-refractivity contribution in [3.8, 4) is 5.75 Å². The normalized spacial score (nSPS) is 10.9. The minimum Gasteiger partial charge on any atom is -0.495 e. The molecule has 0 heterocycles. The number of nitrogens with zero attached hydrogens (tertiary/aromatic N) is 1. The molecule has 2 aromatic rings. The third-order valence-electron chi connectivity index (χ3n) is 4.45. The molecule has 0 saturated carbocycles. The van der Waals surface area contributed by atoms with Crippen LogP contribution in [0.5, 0.6) is 5.75 Å². The van der Waals surface area contributed by atoms with Gasteiger partial charge in [-0.1, -0.05) is 18.2 Å². The molecule has 0 atom stereocenters. The molecule has 0 saturated heterocycles. The molecule has 0 aliphatic carbocycles. The lowest BCUT2D eigenvalue weighted by Gasteiger charge is -2.24. The smallest absolute Gasteiger partial charge is 0.337 e. The van der Waals surface area contributed by atoms with Gasteiger partial charge in [0.1, 0.15) is 5.75 Å². The van der Waals surface area contributed by atoms with Crippen molar-refractivity contribution < 1.29 is 27.5 Å². The summed E-state index contributed by atoms with van der Waals surface area (Å²) in [7, 11) is -0.805. The van der Waals surface area contributed by atoms with Crippen molar-refractivity contribution in [2.45, 2.75) is 19.8 Å². The number of esters is 1. The van der Waals surface area contributed by atoms with Gasteiger partial charge in [-0.3, -0.25) is 9.10 Å². The Morgan fingerprint density at radius 3 is 2.43 bits per heavy atom. The van der Waals surface area contributed by atoms with Crippen LogP contribution in [0.15, 0.2) is 42.5 Å². The minimum atomic E-state index is -3.56. The summed E-state index contributed by atoms with van der Waals surface area (Å²) in [4.78, 5) is 24.1. The largest absolute Gasteiger partial charge is 0.495 e. The molecule has 0 bridgehead atoms. The third-order valence-corrected chi connectivity index (χ3v) is 5.63. The van der Waals surface area contributed by atoms with E-state index in [4.69, 9.17) is 9.47 Å². The lowest BCUT2D eigenvalue weighted by molar-refractivity contribution is -0.116. The Morgan fingerprint density at radius 2 is 1.80 bits per heavy atom. The van der Waals surface area contributed by atoms with Gasteiger partial charge >= 0.3 is 5.97 Å². The topological polar surface area (TPSA) is 102 Å². The number of hydrogen-bond donors (Lipinski definition) is 1. The average Bonchev–Trinajstić information content (AvgIpc) is 2.71. The molecule has 0 radical (unpaired) electrons. The molecule has 9 heteroatoms. The first-order valence-electron chi connectivity index (χ1n) is 9.27. The van der Waals surface area contributed by atoms with E-state index in [0.717, 1.165) is 11.8 Å². The molecule has 0 aliphatic heterocycles. The predicted octanol–water partition coefficient (Wildman–Crippen LogP) is 2.98. The number of methoxy groups -OCH3 is 2. The van der Waals surface area contributed by atoms with Gasteiger partial charge in [-0.15, -0.1) is 0 Å². The number of benzene rings is 2. The quantitative estimate of drug-likeness (QED) is 0.609. The molecule has 0 unspecified atom stereocenters. The van der Waals surface area contributed by atoms with E-state index in [9.17, 15) is 18.0 Å². The van der Waals surface area contributed by atoms with E-state index in [2.05, 4.69) is 5.32 Å². The molecule has 0 fully saturated rings. The fraction of sp³-hybridized carbons (Fsp3) is 0.333. The van der Waals surface area contributed by atoms with Crippen LogP contribution in [0.2, 0.25) is 0 Å². The van der Waals surface area contributed by atoms with Gasteiger partial charge in [-0.25, -0.2) is 13.2 Å². The second kappa shape index (κ2) is 10.1. The zero-order valence-electron chi connectivity index (χ0n) is 17.5. The van der Waals surface area contributed by atoms with Crippen LogP contribution in [0.25, 0.3) is 0 Å². The van der Waals surface area contributed by atoms with Crippen molar-refractivity contribution in [2.24, 2.45) is 0 Å². The first-order valence-corrected chi connectivity index (χ1v) is 11.1. The minimum absolute atomic E-state index is 0.100. The highest BCUT2D eigenvalue weighted by atomic mass is 32.2. The van der Waals surface area contributed by atoms with Crippen LogP contribution in [0.3, 0.4) is 0 Å². The van der Waals surface area contributed by atoms with Crippen molar-refractivity contribution in [3.63, 3.8) is 0 Å². The number of hydrogen-bond acceptors (Lipinski definition) is 6. The van der Waals surface area contributed by atoms with Gasteiger partial charge in [-0.2, -0.15) is 0 Å². The highest BCUT2D eigenvalue weighted by Gasteiger charge is 2.21. The Labute approximate surface area is 176 Å². The molecule has 0 spiro atoms. The maximum Gasteiger partial charge on any atom is 0.337 e. The lowest BCUT2D eigenvalue weighted by Crippen LogP contribution is -2.31. The van der Waals surface area contributed by atoms with Crippen molar-refractivity contribution in [3.05, 3.63) is 53.6 Å². The maximum absolute atomic E-state index is 12.4. The molecule has 0 aliphatic rings. The molecular formula is C21H26N2O6S. The number of sulfonamides is 1. The SMILES string of the molecule is COC(=O)c1ccc(C)c(NC(=O)CCCN(c2ccccc2OC)S(C)(=O)=O)c1. The number of para-hydroxylation sites is 2. The summed E-state index contributed by atoms with van der Waals surface area (Å²) in [6.45, 7) is 1.93. The van der Waals surface area contributed by atoms with Crippen LogP contribution in [-0.4, -0.2) is 47.3 Å². The van der Waals surface area contributed by atoms with E-state index in [1.807, 2.05) is 6.92 Å². The van der Waals surface area contributed by atoms with Gasteiger partial charge in [-0.05, 0) is 43.2 Å². The summed E-state index contributed by atoms with van der Waals surface area (Å²) in [5.41, 5.74) is 2.05. The molecule has 2 aromatic carbocycles. The van der Waals surface area contributed by atoms with Gasteiger partial charge < -0.3 is 14.8 Å². The second-order valence-electron chi connectivity index (χ2n) is 6.68.